The third-order valence-corrected chi connectivity index (χ3v) is 2.59. The molecular weight excluding hydrogens is 254 g/mol. The van der Waals surface area contributed by atoms with Crippen LogP contribution in [0.4, 0.5) is 4.79 Å². The summed E-state index contributed by atoms with van der Waals surface area (Å²) in [6.45, 7) is 3.24. The molecule has 0 aromatic rings. The molecule has 1 N–H and O–H groups in total. The molecule has 8 heteroatoms. The average Bonchev–Trinajstić information content (AvgIpc) is 2.68. The van der Waals surface area contributed by atoms with E-state index in [0.29, 0.717) is 6.54 Å². The molecule has 4 amide bonds. The molecule has 1 rings (SSSR count). The highest BCUT2D eigenvalue weighted by Gasteiger charge is 2.31. The van der Waals surface area contributed by atoms with Crippen LogP contribution in [0.1, 0.15) is 13.8 Å². The van der Waals surface area contributed by atoms with Crippen molar-refractivity contribution >= 4 is 23.8 Å². The Labute approximate surface area is 110 Å². The molecule has 0 bridgehead atoms. The summed E-state index contributed by atoms with van der Waals surface area (Å²) in [5.41, 5.74) is 0. The van der Waals surface area contributed by atoms with Crippen LogP contribution in [0.3, 0.4) is 0 Å². The lowest BCUT2D eigenvalue weighted by atomic mass is 10.4. The van der Waals surface area contributed by atoms with Gasteiger partial charge in [-0.05, 0) is 13.8 Å². The molecule has 8 nitrogen and oxygen atoms in total. The number of esters is 1. The van der Waals surface area contributed by atoms with E-state index in [0.717, 1.165) is 4.90 Å². The topological polar surface area (TPSA) is 96.0 Å². The fourth-order valence-corrected chi connectivity index (χ4v) is 1.59. The fraction of sp³-hybridized carbons (Fsp3) is 0.636. The van der Waals surface area contributed by atoms with Gasteiger partial charge in [-0.1, -0.05) is 0 Å². The van der Waals surface area contributed by atoms with Gasteiger partial charge in [0.25, 0.3) is 5.91 Å². The molecule has 0 radical (unpaired) electrons. The number of nitrogens with zero attached hydrogens (tertiary/aromatic N) is 2. The van der Waals surface area contributed by atoms with Gasteiger partial charge in [0.2, 0.25) is 5.91 Å². The summed E-state index contributed by atoms with van der Waals surface area (Å²) in [4.78, 5) is 47.9. The molecular formula is C11H17N3O5. The van der Waals surface area contributed by atoms with Gasteiger partial charge < -0.3 is 15.0 Å². The molecule has 0 aromatic heterocycles. The number of imide groups is 1. The van der Waals surface area contributed by atoms with E-state index >= 15 is 0 Å². The van der Waals surface area contributed by atoms with E-state index in [2.05, 4.69) is 5.32 Å². The summed E-state index contributed by atoms with van der Waals surface area (Å²) >= 11 is 0. The Morgan fingerprint density at radius 3 is 2.53 bits per heavy atom. The molecule has 106 valence electrons. The molecule has 1 aliphatic heterocycles. The number of amides is 4. The molecule has 19 heavy (non-hydrogen) atoms. The largest absolute Gasteiger partial charge is 0.465 e. The molecule has 1 saturated heterocycles. The lowest BCUT2D eigenvalue weighted by Gasteiger charge is -2.22. The first kappa shape index (κ1) is 14.9. The summed E-state index contributed by atoms with van der Waals surface area (Å²) in [5.74, 6) is -1.44. The minimum Gasteiger partial charge on any atom is -0.465 e. The summed E-state index contributed by atoms with van der Waals surface area (Å²) < 4.78 is 4.74. The van der Waals surface area contributed by atoms with Crippen molar-refractivity contribution in [2.75, 3.05) is 32.8 Å². The zero-order valence-corrected chi connectivity index (χ0v) is 11.0. The quantitative estimate of drug-likeness (QED) is 0.491. The van der Waals surface area contributed by atoms with Crippen LogP contribution in [0.2, 0.25) is 0 Å². The standard InChI is InChI=1S/C11H17N3O5/c1-3-13(7-10(17)19-4-2)9(16)6-14-8(15)5-12-11(14)18/h3-7H2,1-2H3,(H,12,18). The molecule has 0 atom stereocenters. The van der Waals surface area contributed by atoms with Crippen molar-refractivity contribution in [1.29, 1.82) is 0 Å². The number of likely N-dealkylation sites (N-methyl/N-ethyl adjacent to an activating group) is 1. The Morgan fingerprint density at radius 1 is 1.37 bits per heavy atom. The van der Waals surface area contributed by atoms with E-state index in [1.807, 2.05) is 0 Å². The summed E-state index contributed by atoms with van der Waals surface area (Å²) in [7, 11) is 0. The lowest BCUT2D eigenvalue weighted by molar-refractivity contribution is -0.149. The summed E-state index contributed by atoms with van der Waals surface area (Å²) in [6.07, 6.45) is 0. The van der Waals surface area contributed by atoms with E-state index in [1.54, 1.807) is 13.8 Å². The maximum absolute atomic E-state index is 11.9. The zero-order chi connectivity index (χ0) is 14.4. The highest BCUT2D eigenvalue weighted by molar-refractivity contribution is 6.04. The maximum atomic E-state index is 11.9. The zero-order valence-electron chi connectivity index (χ0n) is 11.0. The van der Waals surface area contributed by atoms with E-state index in [-0.39, 0.29) is 26.2 Å². The average molecular weight is 271 g/mol. The van der Waals surface area contributed by atoms with Gasteiger partial charge in [-0.15, -0.1) is 0 Å². The first-order valence-electron chi connectivity index (χ1n) is 6.01. The second-order valence-corrected chi connectivity index (χ2v) is 3.85. The van der Waals surface area contributed by atoms with Crippen LogP contribution in [-0.4, -0.2) is 66.4 Å². The predicted octanol–water partition coefficient (Wildman–Crippen LogP) is -1.05. The van der Waals surface area contributed by atoms with Crippen LogP contribution in [0.5, 0.6) is 0 Å². The van der Waals surface area contributed by atoms with Crippen LogP contribution >= 0.6 is 0 Å². The number of carbonyl (C=O) groups excluding carboxylic acids is 4. The van der Waals surface area contributed by atoms with Crippen LogP contribution in [0.25, 0.3) is 0 Å². The van der Waals surface area contributed by atoms with E-state index in [9.17, 15) is 19.2 Å². The van der Waals surface area contributed by atoms with Gasteiger partial charge in [-0.25, -0.2) is 4.79 Å². The smallest absolute Gasteiger partial charge is 0.325 e. The molecule has 0 saturated carbocycles. The Bertz CT molecular complexity index is 380. The fourth-order valence-electron chi connectivity index (χ4n) is 1.59. The number of urea groups is 1. The summed E-state index contributed by atoms with van der Waals surface area (Å²) in [6, 6.07) is -0.592. The highest BCUT2D eigenvalue weighted by Crippen LogP contribution is 2.01. The van der Waals surface area contributed by atoms with Crippen molar-refractivity contribution in [2.45, 2.75) is 13.8 Å². The number of rotatable bonds is 6. The van der Waals surface area contributed by atoms with Gasteiger partial charge in [0.1, 0.15) is 13.1 Å². The molecule has 1 aliphatic rings. The minimum atomic E-state index is -0.592. The van der Waals surface area contributed by atoms with Gasteiger partial charge in [0.15, 0.2) is 0 Å². The van der Waals surface area contributed by atoms with E-state index in [4.69, 9.17) is 4.74 Å². The lowest BCUT2D eigenvalue weighted by Crippen LogP contribution is -2.45. The Morgan fingerprint density at radius 2 is 2.05 bits per heavy atom. The van der Waals surface area contributed by atoms with Gasteiger partial charge in [-0.3, -0.25) is 19.3 Å². The summed E-state index contributed by atoms with van der Waals surface area (Å²) in [5, 5.41) is 2.32. The van der Waals surface area contributed by atoms with Crippen molar-refractivity contribution in [2.24, 2.45) is 0 Å². The second-order valence-electron chi connectivity index (χ2n) is 3.85. The second kappa shape index (κ2) is 6.72. The number of ether oxygens (including phenoxy) is 1. The Hall–Kier alpha value is -2.12. The number of hydrogen-bond donors (Lipinski definition) is 1. The first-order valence-corrected chi connectivity index (χ1v) is 6.01. The normalized spacial score (nSPS) is 14.3. The van der Waals surface area contributed by atoms with Crippen LogP contribution in [-0.2, 0) is 19.1 Å². The molecule has 1 heterocycles. The third kappa shape index (κ3) is 3.94. The van der Waals surface area contributed by atoms with Gasteiger partial charge >= 0.3 is 12.0 Å². The molecule has 0 aliphatic carbocycles. The van der Waals surface area contributed by atoms with E-state index < -0.39 is 23.8 Å². The van der Waals surface area contributed by atoms with Crippen LogP contribution in [0.15, 0.2) is 0 Å². The number of hydrogen-bond acceptors (Lipinski definition) is 5. The molecule has 1 fully saturated rings. The monoisotopic (exact) mass is 271 g/mol. The van der Waals surface area contributed by atoms with E-state index in [1.165, 1.54) is 4.90 Å². The molecule has 0 unspecified atom stereocenters. The van der Waals surface area contributed by atoms with Crippen molar-refractivity contribution in [3.8, 4) is 0 Å². The van der Waals surface area contributed by atoms with Gasteiger partial charge in [-0.2, -0.15) is 0 Å². The van der Waals surface area contributed by atoms with Crippen molar-refractivity contribution < 1.29 is 23.9 Å². The maximum Gasteiger partial charge on any atom is 0.325 e. The highest BCUT2D eigenvalue weighted by atomic mass is 16.5. The van der Waals surface area contributed by atoms with Crippen molar-refractivity contribution in [3.63, 3.8) is 0 Å². The van der Waals surface area contributed by atoms with Crippen LogP contribution < -0.4 is 5.32 Å². The molecule has 0 aromatic carbocycles. The Balaban J connectivity index is 2.56. The number of carbonyl (C=O) groups is 4. The van der Waals surface area contributed by atoms with Gasteiger partial charge in [0, 0.05) is 6.54 Å². The Kier molecular flexibility index (Phi) is 5.28. The third-order valence-electron chi connectivity index (χ3n) is 2.59. The minimum absolute atomic E-state index is 0.101. The van der Waals surface area contributed by atoms with Crippen molar-refractivity contribution in [1.82, 2.24) is 15.1 Å². The van der Waals surface area contributed by atoms with Gasteiger partial charge in [0.05, 0.1) is 13.2 Å². The number of nitrogens with one attached hydrogen (secondary N) is 1. The van der Waals surface area contributed by atoms with Crippen molar-refractivity contribution in [3.05, 3.63) is 0 Å². The molecule has 0 spiro atoms. The predicted molar refractivity (Wildman–Crippen MR) is 64.0 cm³/mol. The first-order chi connectivity index (χ1) is 8.99. The van der Waals surface area contributed by atoms with Crippen LogP contribution in [0, 0.1) is 0 Å². The SMILES string of the molecule is CCOC(=O)CN(CC)C(=O)CN1C(=O)CNC1=O.